The molecule has 0 bridgehead atoms. The molecule has 2 N–H and O–H groups in total. The number of amides is 1. The monoisotopic (exact) mass is 647 g/mol. The van der Waals surface area contributed by atoms with Crippen LogP contribution in [0.25, 0.3) is 0 Å². The molecule has 2 heterocycles. The van der Waals surface area contributed by atoms with Crippen molar-refractivity contribution in [2.75, 3.05) is 23.5 Å². The number of allylic oxidation sites excluding steroid dienone is 1. The van der Waals surface area contributed by atoms with E-state index in [1.807, 2.05) is 68.4 Å². The quantitative estimate of drug-likeness (QED) is 0.171. The molecule has 0 saturated carbocycles. The van der Waals surface area contributed by atoms with Crippen LogP contribution < -0.4 is 20.1 Å². The molecule has 1 aromatic heterocycles. The number of methoxy groups -OCH3 is 1. The number of thioether (sulfide) groups is 1. The number of hydrogen-bond donors (Lipinski definition) is 2. The first-order chi connectivity index (χ1) is 20.3. The Kier molecular flexibility index (Phi) is 9.23. The van der Waals surface area contributed by atoms with Gasteiger partial charge in [-0.25, -0.2) is 4.68 Å². The zero-order valence-electron chi connectivity index (χ0n) is 24.3. The van der Waals surface area contributed by atoms with Gasteiger partial charge in [0.2, 0.25) is 11.1 Å². The molecule has 0 radical (unpaired) electrons. The highest BCUT2D eigenvalue weighted by Crippen LogP contribution is 2.43. The van der Waals surface area contributed by atoms with Crippen LogP contribution in [-0.4, -0.2) is 33.5 Å². The van der Waals surface area contributed by atoms with Crippen molar-refractivity contribution < 1.29 is 14.3 Å². The fraction of sp³-hybridized carbons (Fsp3) is 0.281. The second-order valence-corrected chi connectivity index (χ2v) is 12.1. The summed E-state index contributed by atoms with van der Waals surface area (Å²) in [6.07, 6.45) is 1.00. The molecule has 3 aromatic carbocycles. The summed E-state index contributed by atoms with van der Waals surface area (Å²) in [5.74, 6) is 2.38. The van der Waals surface area contributed by atoms with Gasteiger partial charge in [0.1, 0.15) is 12.6 Å². The first kappa shape index (κ1) is 29.7. The van der Waals surface area contributed by atoms with Crippen LogP contribution in [0.1, 0.15) is 48.6 Å². The van der Waals surface area contributed by atoms with Gasteiger partial charge in [0, 0.05) is 17.1 Å². The van der Waals surface area contributed by atoms with E-state index in [-0.39, 0.29) is 5.91 Å². The Morgan fingerprint density at radius 3 is 2.60 bits per heavy atom. The summed E-state index contributed by atoms with van der Waals surface area (Å²) in [4.78, 5) is 18.6. The average molecular weight is 649 g/mol. The normalized spacial score (nSPS) is 14.3. The SMILES string of the molecule is CCCSc1nc2n(n1)C(c1cc(Br)c(OCc3ccccc3C)c(OC)c1)C(C(=O)Nc1ccc(C)cc1)=C(C)N2. The highest BCUT2D eigenvalue weighted by atomic mass is 79.9. The van der Waals surface area contributed by atoms with Crippen molar-refractivity contribution in [3.05, 3.63) is 98.7 Å². The van der Waals surface area contributed by atoms with Crippen LogP contribution in [0.4, 0.5) is 11.6 Å². The van der Waals surface area contributed by atoms with Gasteiger partial charge in [0.15, 0.2) is 11.5 Å². The third-order valence-corrected chi connectivity index (χ3v) is 8.66. The molecular weight excluding hydrogens is 614 g/mol. The zero-order valence-corrected chi connectivity index (χ0v) is 26.7. The second-order valence-electron chi connectivity index (χ2n) is 10.1. The third-order valence-electron chi connectivity index (χ3n) is 7.02. The summed E-state index contributed by atoms with van der Waals surface area (Å²) >= 11 is 5.31. The van der Waals surface area contributed by atoms with Crippen LogP contribution in [0.5, 0.6) is 11.5 Å². The molecule has 1 aliphatic heterocycles. The minimum absolute atomic E-state index is 0.229. The van der Waals surface area contributed by atoms with Gasteiger partial charge in [-0.2, -0.15) is 4.98 Å². The largest absolute Gasteiger partial charge is 0.493 e. The molecule has 218 valence electrons. The Morgan fingerprint density at radius 1 is 1.12 bits per heavy atom. The van der Waals surface area contributed by atoms with Crippen molar-refractivity contribution >= 4 is 45.2 Å². The van der Waals surface area contributed by atoms with Crippen LogP contribution in [0.2, 0.25) is 0 Å². The number of aromatic nitrogens is 3. The van der Waals surface area contributed by atoms with Gasteiger partial charge in [-0.05, 0) is 84.1 Å². The number of benzene rings is 3. The molecular formula is C32H34BrN5O3S. The molecule has 1 atom stereocenters. The number of rotatable bonds is 10. The highest BCUT2D eigenvalue weighted by Gasteiger charge is 2.35. The van der Waals surface area contributed by atoms with Gasteiger partial charge < -0.3 is 20.1 Å². The molecule has 0 saturated heterocycles. The number of aryl methyl sites for hydroxylation is 2. The van der Waals surface area contributed by atoms with Crippen LogP contribution in [0.3, 0.4) is 0 Å². The fourth-order valence-corrected chi connectivity index (χ4v) is 6.04. The van der Waals surface area contributed by atoms with Crippen molar-refractivity contribution in [3.63, 3.8) is 0 Å². The van der Waals surface area contributed by atoms with Crippen molar-refractivity contribution in [3.8, 4) is 11.5 Å². The Balaban J connectivity index is 1.55. The molecule has 42 heavy (non-hydrogen) atoms. The Labute approximate surface area is 259 Å². The number of nitrogens with zero attached hydrogens (tertiary/aromatic N) is 3. The van der Waals surface area contributed by atoms with E-state index in [0.717, 1.165) is 34.4 Å². The summed E-state index contributed by atoms with van der Waals surface area (Å²) < 4.78 is 14.6. The Hall–Kier alpha value is -3.76. The van der Waals surface area contributed by atoms with Crippen LogP contribution in [0, 0.1) is 13.8 Å². The molecule has 4 aromatic rings. The topological polar surface area (TPSA) is 90.3 Å². The average Bonchev–Trinajstić information content (AvgIpc) is 3.38. The number of anilines is 2. The summed E-state index contributed by atoms with van der Waals surface area (Å²) in [5.41, 5.74) is 6.11. The van der Waals surface area contributed by atoms with Gasteiger partial charge in [-0.15, -0.1) is 5.10 Å². The van der Waals surface area contributed by atoms with Crippen molar-refractivity contribution in [1.29, 1.82) is 0 Å². The molecule has 0 spiro atoms. The molecule has 0 aliphatic carbocycles. The molecule has 5 rings (SSSR count). The third kappa shape index (κ3) is 6.34. The fourth-order valence-electron chi connectivity index (χ4n) is 4.78. The summed E-state index contributed by atoms with van der Waals surface area (Å²) in [5, 5.41) is 11.9. The smallest absolute Gasteiger partial charge is 0.255 e. The van der Waals surface area contributed by atoms with Crippen molar-refractivity contribution in [2.24, 2.45) is 0 Å². The number of halogens is 1. The molecule has 1 amide bonds. The number of ether oxygens (including phenoxy) is 2. The first-order valence-corrected chi connectivity index (χ1v) is 15.6. The van der Waals surface area contributed by atoms with E-state index in [4.69, 9.17) is 19.6 Å². The number of nitrogens with one attached hydrogen (secondary N) is 2. The molecule has 1 unspecified atom stereocenters. The lowest BCUT2D eigenvalue weighted by Crippen LogP contribution is -2.31. The molecule has 10 heteroatoms. The maximum atomic E-state index is 13.9. The lowest BCUT2D eigenvalue weighted by Gasteiger charge is -2.29. The Bertz CT molecular complexity index is 1630. The van der Waals surface area contributed by atoms with Crippen molar-refractivity contribution in [1.82, 2.24) is 14.8 Å². The standard InChI is InChI=1S/C32H34BrN5O3S/c1-6-15-42-32-36-31-34-21(4)27(30(39)35-24-13-11-19(2)12-14-24)28(38(31)37-32)23-16-25(33)29(26(17-23)40-5)41-18-22-10-8-7-9-20(22)3/h7-14,16-17,28H,6,15,18H2,1-5H3,(H,35,39)(H,34,36,37). The summed E-state index contributed by atoms with van der Waals surface area (Å²) in [6.45, 7) is 8.48. The van der Waals surface area contributed by atoms with Gasteiger partial charge in [0.25, 0.3) is 5.91 Å². The number of fused-ring (bicyclic) bond motifs is 1. The van der Waals surface area contributed by atoms with Crippen molar-refractivity contribution in [2.45, 2.75) is 51.9 Å². The minimum atomic E-state index is -0.564. The number of hydrogen-bond acceptors (Lipinski definition) is 7. The number of carbonyl (C=O) groups is 1. The van der Waals surface area contributed by atoms with Gasteiger partial charge >= 0.3 is 0 Å². The van der Waals surface area contributed by atoms with Crippen LogP contribution in [-0.2, 0) is 11.4 Å². The van der Waals surface area contributed by atoms with E-state index < -0.39 is 6.04 Å². The highest BCUT2D eigenvalue weighted by molar-refractivity contribution is 9.10. The van der Waals surface area contributed by atoms with E-state index in [1.165, 1.54) is 0 Å². The lowest BCUT2D eigenvalue weighted by atomic mass is 9.94. The minimum Gasteiger partial charge on any atom is -0.493 e. The molecule has 0 fully saturated rings. The van der Waals surface area contributed by atoms with E-state index in [9.17, 15) is 4.79 Å². The van der Waals surface area contributed by atoms with E-state index in [2.05, 4.69) is 46.5 Å². The van der Waals surface area contributed by atoms with E-state index in [0.29, 0.717) is 50.6 Å². The first-order valence-electron chi connectivity index (χ1n) is 13.8. The predicted molar refractivity (Wildman–Crippen MR) is 172 cm³/mol. The van der Waals surface area contributed by atoms with Gasteiger partial charge in [-0.1, -0.05) is 60.6 Å². The maximum absolute atomic E-state index is 13.9. The molecule has 1 aliphatic rings. The summed E-state index contributed by atoms with van der Waals surface area (Å²) in [6, 6.07) is 19.2. The van der Waals surface area contributed by atoms with E-state index in [1.54, 1.807) is 23.6 Å². The van der Waals surface area contributed by atoms with Crippen LogP contribution >= 0.6 is 27.7 Å². The summed E-state index contributed by atoms with van der Waals surface area (Å²) in [7, 11) is 1.61. The van der Waals surface area contributed by atoms with E-state index >= 15 is 0 Å². The van der Waals surface area contributed by atoms with Gasteiger partial charge in [0.05, 0.1) is 17.2 Å². The van der Waals surface area contributed by atoms with Gasteiger partial charge in [-0.3, -0.25) is 4.79 Å². The predicted octanol–water partition coefficient (Wildman–Crippen LogP) is 7.67. The zero-order chi connectivity index (χ0) is 29.8. The van der Waals surface area contributed by atoms with Crippen LogP contribution in [0.15, 0.2) is 81.6 Å². The second kappa shape index (κ2) is 13.0. The maximum Gasteiger partial charge on any atom is 0.255 e. The number of carbonyl (C=O) groups excluding carboxylic acids is 1. The molecule has 8 nitrogen and oxygen atoms in total. The Morgan fingerprint density at radius 2 is 1.88 bits per heavy atom. The lowest BCUT2D eigenvalue weighted by molar-refractivity contribution is -0.113.